The first-order valence-electron chi connectivity index (χ1n) is 4.42. The van der Waals surface area contributed by atoms with Gasteiger partial charge in [0.15, 0.2) is 0 Å². The average Bonchev–Trinajstić information content (AvgIpc) is 2.35. The highest BCUT2D eigenvalue weighted by Gasteiger charge is 2.21. The second-order valence-electron chi connectivity index (χ2n) is 3.26. The monoisotopic (exact) mass is 320 g/mol. The Morgan fingerprint density at radius 3 is 2.79 bits per heavy atom. The van der Waals surface area contributed by atoms with Gasteiger partial charge < -0.3 is 9.84 Å². The third-order valence-corrected chi connectivity index (χ3v) is 3.79. The predicted octanol–water partition coefficient (Wildman–Crippen LogP) is 2.82. The van der Waals surface area contributed by atoms with Gasteiger partial charge in [0.05, 0.1) is 13.2 Å². The Labute approximate surface area is 99.5 Å². The fourth-order valence-corrected chi connectivity index (χ4v) is 2.86. The van der Waals surface area contributed by atoms with Crippen LogP contribution in [-0.2, 0) is 11.2 Å². The summed E-state index contributed by atoms with van der Waals surface area (Å²) in [7, 11) is 0. The van der Waals surface area contributed by atoms with Crippen LogP contribution in [0.2, 0.25) is 0 Å². The van der Waals surface area contributed by atoms with Gasteiger partial charge in [0.2, 0.25) is 0 Å². The molecule has 4 heteroatoms. The molecular formula is C10H10Br2O2. The molecule has 0 spiro atoms. The van der Waals surface area contributed by atoms with E-state index >= 15 is 0 Å². The van der Waals surface area contributed by atoms with Crippen molar-refractivity contribution in [2.45, 2.75) is 12.5 Å². The molecule has 1 N–H and O–H groups in total. The van der Waals surface area contributed by atoms with Crippen LogP contribution in [0.5, 0.6) is 0 Å². The summed E-state index contributed by atoms with van der Waals surface area (Å²) in [5.74, 6) is 0. The third-order valence-electron chi connectivity index (χ3n) is 2.35. The fourth-order valence-electron chi connectivity index (χ4n) is 1.68. The van der Waals surface area contributed by atoms with Gasteiger partial charge in [0, 0.05) is 14.5 Å². The molecule has 0 saturated carbocycles. The highest BCUT2D eigenvalue weighted by Crippen LogP contribution is 2.34. The van der Waals surface area contributed by atoms with Crippen molar-refractivity contribution >= 4 is 31.9 Å². The van der Waals surface area contributed by atoms with Crippen molar-refractivity contribution in [2.24, 2.45) is 0 Å². The van der Waals surface area contributed by atoms with Crippen LogP contribution in [0.3, 0.4) is 0 Å². The van der Waals surface area contributed by atoms with Crippen molar-refractivity contribution in [3.63, 3.8) is 0 Å². The first-order valence-corrected chi connectivity index (χ1v) is 6.01. The lowest BCUT2D eigenvalue weighted by Gasteiger charge is -2.14. The summed E-state index contributed by atoms with van der Waals surface area (Å²) in [4.78, 5) is 0. The first kappa shape index (κ1) is 10.6. The minimum atomic E-state index is -0.528. The Morgan fingerprint density at radius 1 is 1.29 bits per heavy atom. The van der Waals surface area contributed by atoms with Crippen LogP contribution in [0.25, 0.3) is 0 Å². The Hall–Kier alpha value is 0.1000. The van der Waals surface area contributed by atoms with Crippen LogP contribution in [0.15, 0.2) is 21.1 Å². The topological polar surface area (TPSA) is 29.5 Å². The van der Waals surface area contributed by atoms with Crippen LogP contribution < -0.4 is 0 Å². The van der Waals surface area contributed by atoms with Crippen molar-refractivity contribution in [3.8, 4) is 0 Å². The van der Waals surface area contributed by atoms with E-state index in [1.54, 1.807) is 0 Å². The average molecular weight is 322 g/mol. The number of rotatable bonds is 0. The van der Waals surface area contributed by atoms with Crippen LogP contribution >= 0.6 is 31.9 Å². The van der Waals surface area contributed by atoms with E-state index in [1.807, 2.05) is 12.1 Å². The quantitative estimate of drug-likeness (QED) is 0.796. The zero-order chi connectivity index (χ0) is 10.1. The molecule has 1 heterocycles. The molecule has 0 saturated heterocycles. The molecule has 1 aromatic rings. The lowest BCUT2D eigenvalue weighted by atomic mass is 10.0. The highest BCUT2D eigenvalue weighted by molar-refractivity contribution is 9.11. The smallest absolute Gasteiger partial charge is 0.104 e. The Balaban J connectivity index is 2.57. The lowest BCUT2D eigenvalue weighted by molar-refractivity contribution is 0.0449. The molecule has 1 atom stereocenters. The molecule has 76 valence electrons. The second kappa shape index (κ2) is 4.31. The van der Waals surface area contributed by atoms with Crippen LogP contribution in [-0.4, -0.2) is 18.3 Å². The standard InChI is InChI=1S/C10H10Br2O2/c11-7-1-2-8(12)10-6(7)3-4-14-5-9(10)13/h1-2,9,13H,3-5H2. The number of aliphatic hydroxyl groups excluding tert-OH is 1. The minimum absolute atomic E-state index is 0.377. The number of hydrogen-bond acceptors (Lipinski definition) is 2. The van der Waals surface area contributed by atoms with Gasteiger partial charge in [-0.1, -0.05) is 31.9 Å². The van der Waals surface area contributed by atoms with E-state index in [0.29, 0.717) is 13.2 Å². The van der Waals surface area contributed by atoms with Crippen molar-refractivity contribution < 1.29 is 9.84 Å². The summed E-state index contributed by atoms with van der Waals surface area (Å²) >= 11 is 6.95. The van der Waals surface area contributed by atoms with E-state index in [1.165, 1.54) is 0 Å². The van der Waals surface area contributed by atoms with Gasteiger partial charge in [-0.25, -0.2) is 0 Å². The van der Waals surface area contributed by atoms with Crippen LogP contribution in [0.1, 0.15) is 17.2 Å². The number of halogens is 2. The van der Waals surface area contributed by atoms with E-state index in [9.17, 15) is 5.11 Å². The molecule has 14 heavy (non-hydrogen) atoms. The summed E-state index contributed by atoms with van der Waals surface area (Å²) in [6, 6.07) is 3.93. The number of ether oxygens (including phenoxy) is 1. The highest BCUT2D eigenvalue weighted by atomic mass is 79.9. The zero-order valence-corrected chi connectivity index (χ0v) is 10.6. The number of hydrogen-bond donors (Lipinski definition) is 1. The molecule has 1 aliphatic heterocycles. The normalized spacial score (nSPS) is 21.5. The molecule has 0 aromatic heterocycles. The Morgan fingerprint density at radius 2 is 2.00 bits per heavy atom. The van der Waals surface area contributed by atoms with Gasteiger partial charge in [-0.3, -0.25) is 0 Å². The molecule has 1 unspecified atom stereocenters. The van der Waals surface area contributed by atoms with Gasteiger partial charge in [-0.2, -0.15) is 0 Å². The van der Waals surface area contributed by atoms with Gasteiger partial charge in [0.1, 0.15) is 6.10 Å². The first-order chi connectivity index (χ1) is 6.70. The molecule has 0 aliphatic carbocycles. The zero-order valence-electron chi connectivity index (χ0n) is 7.46. The minimum Gasteiger partial charge on any atom is -0.386 e. The fraction of sp³-hybridized carbons (Fsp3) is 0.400. The van der Waals surface area contributed by atoms with Crippen LogP contribution in [0.4, 0.5) is 0 Å². The molecule has 0 amide bonds. The van der Waals surface area contributed by atoms with Gasteiger partial charge in [0.25, 0.3) is 0 Å². The molecule has 0 radical (unpaired) electrons. The predicted molar refractivity (Wildman–Crippen MR) is 61.3 cm³/mol. The van der Waals surface area contributed by atoms with E-state index in [0.717, 1.165) is 26.5 Å². The lowest BCUT2D eigenvalue weighted by Crippen LogP contribution is -2.05. The van der Waals surface area contributed by atoms with E-state index in [4.69, 9.17) is 4.74 Å². The Kier molecular flexibility index (Phi) is 3.27. The van der Waals surface area contributed by atoms with Gasteiger partial charge in [-0.15, -0.1) is 0 Å². The van der Waals surface area contributed by atoms with Crippen molar-refractivity contribution in [1.29, 1.82) is 0 Å². The second-order valence-corrected chi connectivity index (χ2v) is 4.97. The molecule has 2 rings (SSSR count). The van der Waals surface area contributed by atoms with Crippen LogP contribution in [0, 0.1) is 0 Å². The Bertz CT molecular complexity index is 352. The summed E-state index contributed by atoms with van der Waals surface area (Å²) < 4.78 is 7.30. The molecule has 1 aliphatic rings. The molecule has 1 aromatic carbocycles. The largest absolute Gasteiger partial charge is 0.386 e. The number of benzene rings is 1. The van der Waals surface area contributed by atoms with Gasteiger partial charge >= 0.3 is 0 Å². The van der Waals surface area contributed by atoms with E-state index in [2.05, 4.69) is 31.9 Å². The molecule has 0 bridgehead atoms. The van der Waals surface area contributed by atoms with Gasteiger partial charge in [-0.05, 0) is 24.1 Å². The van der Waals surface area contributed by atoms with Crippen molar-refractivity contribution in [1.82, 2.24) is 0 Å². The SMILES string of the molecule is OC1COCCc2c(Br)ccc(Br)c21. The third kappa shape index (κ3) is 1.89. The summed E-state index contributed by atoms with van der Waals surface area (Å²) in [5.41, 5.74) is 2.10. The van der Waals surface area contributed by atoms with E-state index in [-0.39, 0.29) is 0 Å². The maximum Gasteiger partial charge on any atom is 0.104 e. The summed E-state index contributed by atoms with van der Waals surface area (Å²) in [5, 5.41) is 9.87. The van der Waals surface area contributed by atoms with Crippen molar-refractivity contribution in [2.75, 3.05) is 13.2 Å². The summed E-state index contributed by atoms with van der Waals surface area (Å²) in [6.07, 6.45) is 0.311. The number of aliphatic hydroxyl groups is 1. The maximum atomic E-state index is 9.87. The van der Waals surface area contributed by atoms with Crippen molar-refractivity contribution in [3.05, 3.63) is 32.2 Å². The molecule has 2 nitrogen and oxygen atoms in total. The number of fused-ring (bicyclic) bond motifs is 1. The maximum absolute atomic E-state index is 9.87. The van der Waals surface area contributed by atoms with E-state index < -0.39 is 6.10 Å². The molecular weight excluding hydrogens is 312 g/mol. The molecule has 0 fully saturated rings. The summed E-state index contributed by atoms with van der Waals surface area (Å²) in [6.45, 7) is 1.04.